The highest BCUT2D eigenvalue weighted by Gasteiger charge is 2.28. The van der Waals surface area contributed by atoms with Crippen LogP contribution in [0.5, 0.6) is 0 Å². The van der Waals surface area contributed by atoms with E-state index in [1.165, 1.54) is 0 Å². The molecular weight excluding hydrogens is 248 g/mol. The van der Waals surface area contributed by atoms with E-state index in [1.54, 1.807) is 0 Å². The van der Waals surface area contributed by atoms with Crippen LogP contribution in [0.4, 0.5) is 0 Å². The molecule has 0 saturated carbocycles. The van der Waals surface area contributed by atoms with Gasteiger partial charge in [-0.1, -0.05) is 13.8 Å². The molecule has 108 valence electrons. The van der Waals surface area contributed by atoms with Crippen LogP contribution in [0.2, 0.25) is 0 Å². The lowest BCUT2D eigenvalue weighted by atomic mass is 10.1. The number of nitrogens with one attached hydrogen (secondary N) is 1. The average Bonchev–Trinajstić information content (AvgIpc) is 2.63. The van der Waals surface area contributed by atoms with Crippen LogP contribution in [0.3, 0.4) is 0 Å². The van der Waals surface area contributed by atoms with Gasteiger partial charge in [0.15, 0.2) is 0 Å². The molecule has 0 aromatic rings. The van der Waals surface area contributed by atoms with E-state index in [-0.39, 0.29) is 50.1 Å². The lowest BCUT2D eigenvalue weighted by Gasteiger charge is -2.15. The normalized spacial score (nSPS) is 17.2. The molecule has 1 rings (SSSR count). The van der Waals surface area contributed by atoms with E-state index >= 15 is 0 Å². The van der Waals surface area contributed by atoms with Crippen LogP contribution < -0.4 is 5.32 Å². The molecule has 1 unspecified atom stereocenters. The van der Waals surface area contributed by atoms with Gasteiger partial charge < -0.3 is 10.4 Å². The maximum absolute atomic E-state index is 11.5. The number of likely N-dealkylation sites (tertiary alicyclic amines) is 1. The van der Waals surface area contributed by atoms with E-state index < -0.39 is 6.10 Å². The van der Waals surface area contributed by atoms with E-state index in [0.29, 0.717) is 12.3 Å². The summed E-state index contributed by atoms with van der Waals surface area (Å²) >= 11 is 0. The molecule has 0 aromatic heterocycles. The predicted octanol–water partition coefficient (Wildman–Crippen LogP) is 0.0487. The Labute approximate surface area is 113 Å². The smallest absolute Gasteiger partial charge is 0.229 e. The molecular formula is C13H22N2O4. The van der Waals surface area contributed by atoms with Crippen molar-refractivity contribution in [1.29, 1.82) is 0 Å². The number of imide groups is 1. The monoisotopic (exact) mass is 270 g/mol. The van der Waals surface area contributed by atoms with Gasteiger partial charge in [0.05, 0.1) is 6.10 Å². The van der Waals surface area contributed by atoms with Crippen molar-refractivity contribution in [3.05, 3.63) is 0 Å². The van der Waals surface area contributed by atoms with Gasteiger partial charge in [-0.05, 0) is 12.3 Å². The minimum atomic E-state index is -0.556. The first kappa shape index (κ1) is 15.6. The summed E-state index contributed by atoms with van der Waals surface area (Å²) in [6.45, 7) is 4.33. The molecule has 1 aliphatic heterocycles. The molecule has 19 heavy (non-hydrogen) atoms. The van der Waals surface area contributed by atoms with Crippen molar-refractivity contribution >= 4 is 17.7 Å². The Balaban J connectivity index is 2.21. The van der Waals surface area contributed by atoms with Crippen molar-refractivity contribution in [2.24, 2.45) is 5.92 Å². The number of amides is 3. The Morgan fingerprint density at radius 2 is 1.89 bits per heavy atom. The van der Waals surface area contributed by atoms with Crippen LogP contribution in [-0.4, -0.2) is 46.9 Å². The van der Waals surface area contributed by atoms with Crippen LogP contribution in [-0.2, 0) is 14.4 Å². The van der Waals surface area contributed by atoms with Crippen molar-refractivity contribution in [1.82, 2.24) is 10.2 Å². The van der Waals surface area contributed by atoms with Crippen molar-refractivity contribution in [2.75, 3.05) is 13.1 Å². The summed E-state index contributed by atoms with van der Waals surface area (Å²) in [4.78, 5) is 35.3. The number of carbonyl (C=O) groups excluding carboxylic acids is 3. The van der Waals surface area contributed by atoms with Gasteiger partial charge in [0.25, 0.3) is 0 Å². The van der Waals surface area contributed by atoms with E-state index in [4.69, 9.17) is 0 Å². The number of rotatable bonds is 7. The molecule has 0 spiro atoms. The zero-order chi connectivity index (χ0) is 14.4. The largest absolute Gasteiger partial charge is 0.391 e. The van der Waals surface area contributed by atoms with E-state index in [0.717, 1.165) is 4.90 Å². The van der Waals surface area contributed by atoms with Crippen LogP contribution in [0.25, 0.3) is 0 Å². The molecule has 0 aromatic carbocycles. The Morgan fingerprint density at radius 3 is 2.42 bits per heavy atom. The summed E-state index contributed by atoms with van der Waals surface area (Å²) in [6.07, 6.45) is 0.648. The van der Waals surface area contributed by atoms with Crippen LogP contribution >= 0.6 is 0 Å². The number of carbonyl (C=O) groups is 3. The first-order valence-corrected chi connectivity index (χ1v) is 6.68. The van der Waals surface area contributed by atoms with Gasteiger partial charge >= 0.3 is 0 Å². The van der Waals surface area contributed by atoms with E-state index in [9.17, 15) is 19.5 Å². The van der Waals surface area contributed by atoms with Crippen molar-refractivity contribution < 1.29 is 19.5 Å². The van der Waals surface area contributed by atoms with Gasteiger partial charge in [-0.25, -0.2) is 0 Å². The fourth-order valence-electron chi connectivity index (χ4n) is 2.03. The minimum Gasteiger partial charge on any atom is -0.391 e. The van der Waals surface area contributed by atoms with Gasteiger partial charge in [-0.2, -0.15) is 0 Å². The Hall–Kier alpha value is -1.43. The summed E-state index contributed by atoms with van der Waals surface area (Å²) in [5.74, 6) is -0.308. The number of aliphatic hydroxyl groups excluding tert-OH is 1. The number of nitrogens with zero attached hydrogens (tertiary/aromatic N) is 1. The van der Waals surface area contributed by atoms with Crippen molar-refractivity contribution in [2.45, 2.75) is 45.6 Å². The predicted molar refractivity (Wildman–Crippen MR) is 69.0 cm³/mol. The molecule has 0 bridgehead atoms. The summed E-state index contributed by atoms with van der Waals surface area (Å²) in [5, 5.41) is 12.2. The first-order chi connectivity index (χ1) is 8.90. The van der Waals surface area contributed by atoms with Crippen molar-refractivity contribution in [3.63, 3.8) is 0 Å². The summed E-state index contributed by atoms with van der Waals surface area (Å²) < 4.78 is 0. The zero-order valence-electron chi connectivity index (χ0n) is 11.5. The van der Waals surface area contributed by atoms with Crippen LogP contribution in [0, 0.1) is 5.92 Å². The molecule has 0 aliphatic carbocycles. The molecule has 6 heteroatoms. The first-order valence-electron chi connectivity index (χ1n) is 6.68. The van der Waals surface area contributed by atoms with E-state index in [2.05, 4.69) is 5.32 Å². The number of hydrogen-bond acceptors (Lipinski definition) is 4. The molecule has 1 saturated heterocycles. The molecule has 0 radical (unpaired) electrons. The third-order valence-electron chi connectivity index (χ3n) is 3.00. The highest BCUT2D eigenvalue weighted by molar-refractivity contribution is 6.02. The lowest BCUT2D eigenvalue weighted by molar-refractivity contribution is -0.138. The lowest BCUT2D eigenvalue weighted by Crippen LogP contribution is -2.37. The molecule has 6 nitrogen and oxygen atoms in total. The second-order valence-corrected chi connectivity index (χ2v) is 5.28. The van der Waals surface area contributed by atoms with Crippen LogP contribution in [0.1, 0.15) is 39.5 Å². The standard InChI is InChI=1S/C13H22N2O4/c1-9(2)7-10(16)8-14-11(17)5-6-15-12(18)3-4-13(15)19/h9-10,16H,3-8H2,1-2H3,(H,14,17). The summed E-state index contributed by atoms with van der Waals surface area (Å²) in [5.41, 5.74) is 0. The molecule has 1 aliphatic rings. The third-order valence-corrected chi connectivity index (χ3v) is 3.00. The van der Waals surface area contributed by atoms with Gasteiger partial charge in [0.2, 0.25) is 17.7 Å². The average molecular weight is 270 g/mol. The molecule has 3 amide bonds. The fourth-order valence-corrected chi connectivity index (χ4v) is 2.03. The molecule has 1 heterocycles. The Kier molecular flexibility index (Phi) is 5.95. The zero-order valence-corrected chi connectivity index (χ0v) is 11.5. The Bertz CT molecular complexity index is 339. The maximum atomic E-state index is 11.5. The molecule has 1 fully saturated rings. The van der Waals surface area contributed by atoms with Gasteiger partial charge in [-0.3, -0.25) is 19.3 Å². The summed E-state index contributed by atoms with van der Waals surface area (Å²) in [7, 11) is 0. The number of aliphatic hydroxyl groups is 1. The SMILES string of the molecule is CC(C)CC(O)CNC(=O)CCN1C(=O)CCC1=O. The second-order valence-electron chi connectivity index (χ2n) is 5.28. The van der Waals surface area contributed by atoms with Gasteiger partial charge in [-0.15, -0.1) is 0 Å². The highest BCUT2D eigenvalue weighted by atomic mass is 16.3. The van der Waals surface area contributed by atoms with Gasteiger partial charge in [0, 0.05) is 32.4 Å². The second kappa shape index (κ2) is 7.23. The topological polar surface area (TPSA) is 86.7 Å². The quantitative estimate of drug-likeness (QED) is 0.640. The third kappa shape index (κ3) is 5.38. The van der Waals surface area contributed by atoms with Crippen molar-refractivity contribution in [3.8, 4) is 0 Å². The number of hydrogen-bond donors (Lipinski definition) is 2. The Morgan fingerprint density at radius 1 is 1.32 bits per heavy atom. The summed E-state index contributed by atoms with van der Waals surface area (Å²) in [6, 6.07) is 0. The molecule has 1 atom stereocenters. The molecule has 2 N–H and O–H groups in total. The minimum absolute atomic E-state index is 0.0892. The fraction of sp³-hybridized carbons (Fsp3) is 0.769. The highest BCUT2D eigenvalue weighted by Crippen LogP contribution is 2.11. The van der Waals surface area contributed by atoms with Crippen LogP contribution in [0.15, 0.2) is 0 Å². The maximum Gasteiger partial charge on any atom is 0.229 e. The van der Waals surface area contributed by atoms with Gasteiger partial charge in [0.1, 0.15) is 0 Å². The van der Waals surface area contributed by atoms with E-state index in [1.807, 2.05) is 13.8 Å².